The van der Waals surface area contributed by atoms with Crippen molar-refractivity contribution in [2.24, 2.45) is 0 Å². The summed E-state index contributed by atoms with van der Waals surface area (Å²) in [7, 11) is 0. The van der Waals surface area contributed by atoms with Gasteiger partial charge >= 0.3 is 0 Å². The van der Waals surface area contributed by atoms with Crippen LogP contribution in [0.15, 0.2) is 45.7 Å². The first-order chi connectivity index (χ1) is 16.3. The molecule has 0 N–H and O–H groups in total. The second-order valence-electron chi connectivity index (χ2n) is 8.02. The first-order valence-corrected chi connectivity index (χ1v) is 11.0. The van der Waals surface area contributed by atoms with E-state index in [1.807, 2.05) is 13.0 Å². The molecule has 7 nitrogen and oxygen atoms in total. The molecule has 0 radical (unpaired) electrons. The maximum absolute atomic E-state index is 14.2. The topological polar surface area (TPSA) is 83.7 Å². The Morgan fingerprint density at radius 2 is 1.94 bits per heavy atom. The molecule has 174 valence electrons. The lowest BCUT2D eigenvalue weighted by atomic mass is 10.00. The van der Waals surface area contributed by atoms with E-state index in [9.17, 15) is 9.18 Å². The van der Waals surface area contributed by atoms with Gasteiger partial charge in [-0.2, -0.15) is 4.39 Å². The van der Waals surface area contributed by atoms with Gasteiger partial charge in [0.1, 0.15) is 35.8 Å². The zero-order valence-electron chi connectivity index (χ0n) is 18.6. The predicted octanol–water partition coefficient (Wildman–Crippen LogP) is 5.57. The largest absolute Gasteiger partial charge is 0.484 e. The molecule has 0 aliphatic carbocycles. The van der Waals surface area contributed by atoms with Crippen molar-refractivity contribution >= 4 is 22.6 Å². The van der Waals surface area contributed by atoms with E-state index in [0.717, 1.165) is 5.56 Å². The van der Waals surface area contributed by atoms with Crippen molar-refractivity contribution in [1.29, 1.82) is 0 Å². The number of aryl methyl sites for hydroxylation is 1. The molecule has 1 aromatic carbocycles. The van der Waals surface area contributed by atoms with Crippen LogP contribution in [0.4, 0.5) is 4.39 Å². The average Bonchev–Trinajstić information content (AvgIpc) is 2.82. The van der Waals surface area contributed by atoms with Crippen molar-refractivity contribution in [2.75, 3.05) is 13.2 Å². The van der Waals surface area contributed by atoms with E-state index in [-0.39, 0.29) is 16.3 Å². The number of fused-ring (bicyclic) bond motifs is 2. The van der Waals surface area contributed by atoms with E-state index in [0.29, 0.717) is 58.3 Å². The number of hydrogen-bond donors (Lipinski definition) is 0. The number of rotatable bonds is 4. The summed E-state index contributed by atoms with van der Waals surface area (Å²) in [6, 6.07) is 8.20. The Bertz CT molecular complexity index is 1490. The van der Waals surface area contributed by atoms with E-state index >= 15 is 0 Å². The standard InChI is InChI=1S/C25H20ClFN2O5/c1-12-8-16(14(3)33-18-4-5-20(26)29-24(18)27)23-17(9-12)21(30)13(2)22(34-23)15-10-19-25(28-11-15)32-7-6-31-19/h4-5,8-11,14H,6-7H2,1-3H3/t14-/m1/s1. The fourth-order valence-corrected chi connectivity index (χ4v) is 4.08. The minimum absolute atomic E-state index is 0.0256. The first-order valence-electron chi connectivity index (χ1n) is 10.6. The molecule has 5 rings (SSSR count). The minimum Gasteiger partial charge on any atom is -0.484 e. The lowest BCUT2D eigenvalue weighted by Gasteiger charge is -2.19. The van der Waals surface area contributed by atoms with E-state index in [2.05, 4.69) is 9.97 Å². The second kappa shape index (κ2) is 8.61. The van der Waals surface area contributed by atoms with Crippen molar-refractivity contribution in [3.8, 4) is 28.7 Å². The zero-order valence-corrected chi connectivity index (χ0v) is 19.4. The molecule has 1 atom stereocenters. The second-order valence-corrected chi connectivity index (χ2v) is 8.41. The summed E-state index contributed by atoms with van der Waals surface area (Å²) >= 11 is 5.74. The first kappa shape index (κ1) is 22.2. The molecule has 4 heterocycles. The lowest BCUT2D eigenvalue weighted by Crippen LogP contribution is -2.16. The fourth-order valence-electron chi connectivity index (χ4n) is 3.94. The highest BCUT2D eigenvalue weighted by molar-refractivity contribution is 6.29. The van der Waals surface area contributed by atoms with Crippen molar-refractivity contribution in [1.82, 2.24) is 9.97 Å². The quantitative estimate of drug-likeness (QED) is 0.351. The van der Waals surface area contributed by atoms with E-state index in [1.54, 1.807) is 32.2 Å². The van der Waals surface area contributed by atoms with Gasteiger partial charge < -0.3 is 18.6 Å². The molecule has 3 aromatic heterocycles. The third-order valence-electron chi connectivity index (χ3n) is 5.57. The zero-order chi connectivity index (χ0) is 24.0. The van der Waals surface area contributed by atoms with E-state index < -0.39 is 12.1 Å². The Morgan fingerprint density at radius 1 is 1.15 bits per heavy atom. The van der Waals surface area contributed by atoms with E-state index in [4.69, 9.17) is 30.2 Å². The Hall–Kier alpha value is -3.65. The van der Waals surface area contributed by atoms with Crippen LogP contribution in [0.3, 0.4) is 0 Å². The van der Waals surface area contributed by atoms with Gasteiger partial charge in [-0.15, -0.1) is 0 Å². The molecule has 1 aliphatic rings. The molecule has 0 amide bonds. The van der Waals surface area contributed by atoms with Gasteiger partial charge in [-0.1, -0.05) is 11.6 Å². The molecular weight excluding hydrogens is 463 g/mol. The highest BCUT2D eigenvalue weighted by atomic mass is 35.5. The van der Waals surface area contributed by atoms with Gasteiger partial charge in [-0.05, 0) is 56.7 Å². The third kappa shape index (κ3) is 3.94. The summed E-state index contributed by atoms with van der Waals surface area (Å²) in [6.07, 6.45) is 0.921. The maximum atomic E-state index is 14.2. The maximum Gasteiger partial charge on any atom is 0.257 e. The summed E-state index contributed by atoms with van der Waals surface area (Å²) in [5.74, 6) is 0.359. The monoisotopic (exact) mass is 482 g/mol. The number of ether oxygens (including phenoxy) is 3. The molecule has 0 fully saturated rings. The summed E-state index contributed by atoms with van der Waals surface area (Å²) < 4.78 is 37.5. The SMILES string of the molecule is Cc1cc([C@@H](C)Oc2ccc(Cl)nc2F)c2oc(-c3cnc4c(c3)OCCO4)c(C)c(=O)c2c1. The smallest absolute Gasteiger partial charge is 0.257 e. The summed E-state index contributed by atoms with van der Waals surface area (Å²) in [6.45, 7) is 6.15. The van der Waals surface area contributed by atoms with Gasteiger partial charge in [0.05, 0.1) is 5.39 Å². The number of hydrogen-bond acceptors (Lipinski definition) is 7. The number of pyridine rings is 2. The molecule has 0 unspecified atom stereocenters. The number of nitrogens with zero attached hydrogens (tertiary/aromatic N) is 2. The Balaban J connectivity index is 1.64. The Labute approximate surface area is 199 Å². The van der Waals surface area contributed by atoms with Crippen molar-refractivity contribution in [2.45, 2.75) is 26.9 Å². The molecule has 0 saturated carbocycles. The van der Waals surface area contributed by atoms with Crippen LogP contribution in [0.5, 0.6) is 17.4 Å². The van der Waals surface area contributed by atoms with Gasteiger partial charge in [0.15, 0.2) is 16.9 Å². The van der Waals surface area contributed by atoms with Gasteiger partial charge in [0, 0.05) is 22.9 Å². The van der Waals surface area contributed by atoms with Gasteiger partial charge in [0.2, 0.25) is 0 Å². The number of aromatic nitrogens is 2. The molecule has 0 spiro atoms. The lowest BCUT2D eigenvalue weighted by molar-refractivity contribution is 0.164. The molecule has 1 aliphatic heterocycles. The third-order valence-corrected chi connectivity index (χ3v) is 5.78. The van der Waals surface area contributed by atoms with Crippen LogP contribution in [0.1, 0.15) is 29.7 Å². The van der Waals surface area contributed by atoms with Crippen LogP contribution >= 0.6 is 11.6 Å². The van der Waals surface area contributed by atoms with Crippen LogP contribution in [0.2, 0.25) is 5.15 Å². The van der Waals surface area contributed by atoms with Crippen molar-refractivity contribution < 1.29 is 23.0 Å². The molecular formula is C25H20ClFN2O5. The Morgan fingerprint density at radius 3 is 2.74 bits per heavy atom. The van der Waals surface area contributed by atoms with Crippen LogP contribution in [-0.4, -0.2) is 23.2 Å². The molecule has 34 heavy (non-hydrogen) atoms. The molecule has 0 bridgehead atoms. The van der Waals surface area contributed by atoms with Crippen molar-refractivity contribution in [3.05, 3.63) is 74.5 Å². The molecule has 9 heteroatoms. The van der Waals surface area contributed by atoms with Crippen LogP contribution < -0.4 is 19.6 Å². The normalized spacial score (nSPS) is 13.7. The summed E-state index contributed by atoms with van der Waals surface area (Å²) in [5.41, 5.74) is 2.61. The van der Waals surface area contributed by atoms with Crippen LogP contribution in [0.25, 0.3) is 22.3 Å². The van der Waals surface area contributed by atoms with Gasteiger partial charge in [-0.3, -0.25) is 4.79 Å². The van der Waals surface area contributed by atoms with E-state index in [1.165, 1.54) is 12.1 Å². The fraction of sp³-hybridized carbons (Fsp3) is 0.240. The summed E-state index contributed by atoms with van der Waals surface area (Å²) in [4.78, 5) is 21.2. The van der Waals surface area contributed by atoms with Crippen molar-refractivity contribution in [3.63, 3.8) is 0 Å². The minimum atomic E-state index is -0.823. The number of halogens is 2. The number of benzene rings is 1. The van der Waals surface area contributed by atoms with Gasteiger partial charge in [-0.25, -0.2) is 9.97 Å². The summed E-state index contributed by atoms with van der Waals surface area (Å²) in [5, 5.41) is 0.435. The highest BCUT2D eigenvalue weighted by Gasteiger charge is 2.22. The predicted molar refractivity (Wildman–Crippen MR) is 124 cm³/mol. The molecule has 4 aromatic rings. The average molecular weight is 483 g/mol. The van der Waals surface area contributed by atoms with Crippen LogP contribution in [0, 0.1) is 19.8 Å². The van der Waals surface area contributed by atoms with Gasteiger partial charge in [0.25, 0.3) is 11.8 Å². The molecule has 0 saturated heterocycles. The Kier molecular flexibility index (Phi) is 5.61. The van der Waals surface area contributed by atoms with Crippen LogP contribution in [-0.2, 0) is 0 Å². The highest BCUT2D eigenvalue weighted by Crippen LogP contribution is 2.36.